The maximum absolute atomic E-state index is 9.93. The van der Waals surface area contributed by atoms with E-state index in [-0.39, 0.29) is 0 Å². The predicted octanol–water partition coefficient (Wildman–Crippen LogP) is 2.48. The third-order valence-electron chi connectivity index (χ3n) is 2.34. The maximum atomic E-state index is 9.93. The Balaban J connectivity index is 2.70. The first kappa shape index (κ1) is 11.7. The predicted molar refractivity (Wildman–Crippen MR) is 61.3 cm³/mol. The summed E-state index contributed by atoms with van der Waals surface area (Å²) in [7, 11) is 0. The molecule has 15 heavy (non-hydrogen) atoms. The molecule has 1 unspecified atom stereocenters. The zero-order valence-electron chi connectivity index (χ0n) is 9.33. The lowest BCUT2D eigenvalue weighted by molar-refractivity contribution is 0.163. The molecule has 0 aliphatic carbocycles. The van der Waals surface area contributed by atoms with Gasteiger partial charge in [-0.05, 0) is 31.4 Å². The van der Waals surface area contributed by atoms with Crippen LogP contribution in [0.2, 0.25) is 0 Å². The summed E-state index contributed by atoms with van der Waals surface area (Å²) in [5, 5.41) is 9.93. The molecule has 1 aromatic heterocycles. The monoisotopic (exact) mass is 203 g/mol. The lowest BCUT2D eigenvalue weighted by Gasteiger charge is -2.11. The molecule has 0 saturated carbocycles. The fraction of sp³-hybridized carbons (Fsp3) is 0.462. The van der Waals surface area contributed by atoms with Crippen molar-refractivity contribution in [2.24, 2.45) is 0 Å². The van der Waals surface area contributed by atoms with Gasteiger partial charge in [0.15, 0.2) is 0 Å². The highest BCUT2D eigenvalue weighted by molar-refractivity contribution is 5.21. The number of hydrogen-bond acceptors (Lipinski definition) is 2. The second-order valence-corrected chi connectivity index (χ2v) is 3.38. The van der Waals surface area contributed by atoms with E-state index in [2.05, 4.69) is 23.7 Å². The molecule has 1 heterocycles. The Labute approximate surface area is 91.4 Å². The lowest BCUT2D eigenvalue weighted by atomic mass is 10.0. The molecular weight excluding hydrogens is 186 g/mol. The van der Waals surface area contributed by atoms with Gasteiger partial charge in [-0.3, -0.25) is 4.98 Å². The quantitative estimate of drug-likeness (QED) is 0.763. The number of rotatable bonds is 4. The van der Waals surface area contributed by atoms with Gasteiger partial charge in [0.25, 0.3) is 0 Å². The molecule has 0 aromatic carbocycles. The number of nitrogens with zero attached hydrogens (tertiary/aromatic N) is 1. The highest BCUT2D eigenvalue weighted by Crippen LogP contribution is 2.19. The van der Waals surface area contributed by atoms with Gasteiger partial charge in [0.1, 0.15) is 0 Å². The van der Waals surface area contributed by atoms with Gasteiger partial charge in [-0.15, -0.1) is 11.8 Å². The summed E-state index contributed by atoms with van der Waals surface area (Å²) in [4.78, 5) is 4.23. The van der Waals surface area contributed by atoms with Gasteiger partial charge in [0, 0.05) is 12.6 Å². The number of aryl methyl sites for hydroxylation is 1. The lowest BCUT2D eigenvalue weighted by Crippen LogP contribution is -2.04. The van der Waals surface area contributed by atoms with Crippen LogP contribution in [0.4, 0.5) is 0 Å². The zero-order valence-corrected chi connectivity index (χ0v) is 9.33. The molecule has 1 aromatic rings. The van der Waals surface area contributed by atoms with E-state index in [0.717, 1.165) is 24.1 Å². The third kappa shape index (κ3) is 3.38. The van der Waals surface area contributed by atoms with Crippen molar-refractivity contribution in [1.29, 1.82) is 0 Å². The normalized spacial score (nSPS) is 11.7. The van der Waals surface area contributed by atoms with Crippen molar-refractivity contribution >= 4 is 0 Å². The Hall–Kier alpha value is -1.33. The van der Waals surface area contributed by atoms with Crippen LogP contribution in [0.15, 0.2) is 18.3 Å². The van der Waals surface area contributed by atoms with Crippen LogP contribution in [-0.2, 0) is 6.42 Å². The fourth-order valence-electron chi connectivity index (χ4n) is 1.52. The van der Waals surface area contributed by atoms with Crippen molar-refractivity contribution in [3.8, 4) is 11.8 Å². The van der Waals surface area contributed by atoms with Crippen LogP contribution in [-0.4, -0.2) is 10.1 Å². The summed E-state index contributed by atoms with van der Waals surface area (Å²) in [6, 6.07) is 3.91. The molecule has 0 saturated heterocycles. The Morgan fingerprint density at radius 2 is 2.33 bits per heavy atom. The van der Waals surface area contributed by atoms with Crippen LogP contribution in [0.1, 0.15) is 44.1 Å². The van der Waals surface area contributed by atoms with E-state index in [1.165, 1.54) is 0 Å². The molecule has 0 radical (unpaired) electrons. The van der Waals surface area contributed by atoms with E-state index in [9.17, 15) is 5.11 Å². The average molecular weight is 203 g/mol. The van der Waals surface area contributed by atoms with Crippen LogP contribution in [0.3, 0.4) is 0 Å². The van der Waals surface area contributed by atoms with Crippen molar-refractivity contribution in [3.63, 3.8) is 0 Å². The Morgan fingerprint density at radius 3 is 3.00 bits per heavy atom. The molecule has 2 heteroatoms. The Kier molecular flexibility index (Phi) is 4.86. The van der Waals surface area contributed by atoms with Crippen LogP contribution in [0.25, 0.3) is 0 Å². The standard InChI is InChI=1S/C13H17NO/c1-3-5-6-9-12(15)13-11(4-2)8-7-10-14-13/h7-8,10,12,15H,4,6,9H2,1-2H3. The second kappa shape index (κ2) is 6.21. The van der Waals surface area contributed by atoms with Crippen LogP contribution < -0.4 is 0 Å². The van der Waals surface area contributed by atoms with E-state index in [0.29, 0.717) is 6.42 Å². The smallest absolute Gasteiger partial charge is 0.0971 e. The van der Waals surface area contributed by atoms with Crippen molar-refractivity contribution in [2.75, 3.05) is 0 Å². The summed E-state index contributed by atoms with van der Waals surface area (Å²) >= 11 is 0. The van der Waals surface area contributed by atoms with Crippen LogP contribution >= 0.6 is 0 Å². The first-order valence-electron chi connectivity index (χ1n) is 5.31. The molecule has 0 spiro atoms. The van der Waals surface area contributed by atoms with Gasteiger partial charge in [-0.1, -0.05) is 13.0 Å². The molecule has 1 N–H and O–H groups in total. The van der Waals surface area contributed by atoms with Gasteiger partial charge >= 0.3 is 0 Å². The first-order chi connectivity index (χ1) is 7.29. The summed E-state index contributed by atoms with van der Waals surface area (Å²) in [6.07, 6.45) is 3.52. The molecule has 0 amide bonds. The minimum Gasteiger partial charge on any atom is -0.387 e. The molecule has 1 rings (SSSR count). The van der Waals surface area contributed by atoms with E-state index in [1.54, 1.807) is 6.20 Å². The average Bonchev–Trinajstić information content (AvgIpc) is 2.29. The van der Waals surface area contributed by atoms with Crippen molar-refractivity contribution in [2.45, 2.75) is 39.2 Å². The summed E-state index contributed by atoms with van der Waals surface area (Å²) in [6.45, 7) is 3.88. The van der Waals surface area contributed by atoms with Crippen LogP contribution in [0, 0.1) is 11.8 Å². The van der Waals surface area contributed by atoms with Crippen molar-refractivity contribution < 1.29 is 5.11 Å². The summed E-state index contributed by atoms with van der Waals surface area (Å²) in [5.74, 6) is 5.77. The van der Waals surface area contributed by atoms with Crippen LogP contribution in [0.5, 0.6) is 0 Å². The largest absolute Gasteiger partial charge is 0.387 e. The SMILES string of the molecule is CC#CCCC(O)c1ncccc1CC. The van der Waals surface area contributed by atoms with E-state index < -0.39 is 6.10 Å². The van der Waals surface area contributed by atoms with Crippen molar-refractivity contribution in [3.05, 3.63) is 29.6 Å². The third-order valence-corrected chi connectivity index (χ3v) is 2.34. The highest BCUT2D eigenvalue weighted by atomic mass is 16.3. The number of hydrogen-bond donors (Lipinski definition) is 1. The summed E-state index contributed by atoms with van der Waals surface area (Å²) in [5.41, 5.74) is 1.92. The second-order valence-electron chi connectivity index (χ2n) is 3.38. The molecule has 0 fully saturated rings. The number of aliphatic hydroxyl groups is 1. The van der Waals surface area contributed by atoms with Crippen molar-refractivity contribution in [1.82, 2.24) is 4.98 Å². The molecule has 0 aliphatic rings. The number of aliphatic hydroxyl groups excluding tert-OH is 1. The fourth-order valence-corrected chi connectivity index (χ4v) is 1.52. The highest BCUT2D eigenvalue weighted by Gasteiger charge is 2.11. The Morgan fingerprint density at radius 1 is 1.53 bits per heavy atom. The molecule has 0 aliphatic heterocycles. The van der Waals surface area contributed by atoms with E-state index >= 15 is 0 Å². The van der Waals surface area contributed by atoms with Gasteiger partial charge in [0.2, 0.25) is 0 Å². The molecular formula is C13H17NO. The van der Waals surface area contributed by atoms with Gasteiger partial charge < -0.3 is 5.11 Å². The summed E-state index contributed by atoms with van der Waals surface area (Å²) < 4.78 is 0. The topological polar surface area (TPSA) is 33.1 Å². The number of pyridine rings is 1. The number of aromatic nitrogens is 1. The van der Waals surface area contributed by atoms with Gasteiger partial charge in [0.05, 0.1) is 11.8 Å². The molecule has 0 bridgehead atoms. The molecule has 1 atom stereocenters. The first-order valence-corrected chi connectivity index (χ1v) is 5.31. The Bertz CT molecular complexity index is 362. The zero-order chi connectivity index (χ0) is 11.1. The van der Waals surface area contributed by atoms with E-state index in [1.807, 2.05) is 19.1 Å². The maximum Gasteiger partial charge on any atom is 0.0971 e. The van der Waals surface area contributed by atoms with Gasteiger partial charge in [-0.25, -0.2) is 0 Å². The van der Waals surface area contributed by atoms with E-state index in [4.69, 9.17) is 0 Å². The molecule has 2 nitrogen and oxygen atoms in total. The minimum atomic E-state index is -0.484. The van der Waals surface area contributed by atoms with Gasteiger partial charge in [-0.2, -0.15) is 0 Å². The minimum absolute atomic E-state index is 0.484. The molecule has 80 valence electrons.